The second-order valence-corrected chi connectivity index (χ2v) is 5.57. The van der Waals surface area contributed by atoms with E-state index in [1.807, 2.05) is 36.1 Å². The van der Waals surface area contributed by atoms with Gasteiger partial charge in [-0.1, -0.05) is 18.5 Å². The number of carbonyl (C=O) groups excluding carboxylic acids is 1. The summed E-state index contributed by atoms with van der Waals surface area (Å²) >= 11 is 0. The minimum Gasteiger partial charge on any atom is -0.497 e. The normalized spacial score (nSPS) is 10.6. The lowest BCUT2D eigenvalue weighted by Crippen LogP contribution is -2.31. The molecule has 0 fully saturated rings. The van der Waals surface area contributed by atoms with E-state index in [0.29, 0.717) is 24.6 Å². The first-order valence-electron chi connectivity index (χ1n) is 8.42. The number of hydrogen-bond acceptors (Lipinski definition) is 5. The van der Waals surface area contributed by atoms with Crippen molar-refractivity contribution in [2.24, 2.45) is 0 Å². The van der Waals surface area contributed by atoms with E-state index in [1.165, 1.54) is 0 Å². The van der Waals surface area contributed by atoms with Crippen LogP contribution < -0.4 is 4.74 Å². The van der Waals surface area contributed by atoms with Crippen LogP contribution in [0.15, 0.2) is 28.8 Å². The Bertz CT molecular complexity index is 637. The highest BCUT2D eigenvalue weighted by molar-refractivity contribution is 5.76. The van der Waals surface area contributed by atoms with Crippen LogP contribution >= 0.6 is 0 Å². The van der Waals surface area contributed by atoms with Gasteiger partial charge in [0, 0.05) is 31.5 Å². The maximum Gasteiger partial charge on any atom is 0.227 e. The van der Waals surface area contributed by atoms with Crippen LogP contribution in [0.25, 0.3) is 11.4 Å². The maximum absolute atomic E-state index is 12.2. The van der Waals surface area contributed by atoms with Gasteiger partial charge >= 0.3 is 0 Å². The fourth-order valence-corrected chi connectivity index (χ4v) is 2.39. The van der Waals surface area contributed by atoms with Crippen LogP contribution in [-0.4, -0.2) is 41.1 Å². The van der Waals surface area contributed by atoms with Crippen LogP contribution in [0.4, 0.5) is 0 Å². The molecule has 2 aromatic rings. The highest BCUT2D eigenvalue weighted by Gasteiger charge is 2.14. The standard InChI is InChI=1S/C18H25N3O3/c1-4-6-13-21(5-2)17(22)12-11-16-19-18(20-24-16)14-7-9-15(23-3)10-8-14/h7-10H,4-6,11-13H2,1-3H3. The van der Waals surface area contributed by atoms with Gasteiger partial charge in [-0.3, -0.25) is 4.79 Å². The second-order valence-electron chi connectivity index (χ2n) is 5.57. The third-order valence-electron chi connectivity index (χ3n) is 3.89. The molecule has 0 aliphatic carbocycles. The average molecular weight is 331 g/mol. The van der Waals surface area contributed by atoms with Crippen LogP contribution in [0.2, 0.25) is 0 Å². The number of amides is 1. The summed E-state index contributed by atoms with van der Waals surface area (Å²) in [5.41, 5.74) is 0.857. The molecule has 1 aromatic heterocycles. The summed E-state index contributed by atoms with van der Waals surface area (Å²) in [6, 6.07) is 7.45. The zero-order chi connectivity index (χ0) is 17.4. The van der Waals surface area contributed by atoms with Crippen molar-refractivity contribution in [3.05, 3.63) is 30.2 Å². The van der Waals surface area contributed by atoms with Crippen LogP contribution in [-0.2, 0) is 11.2 Å². The largest absolute Gasteiger partial charge is 0.497 e. The molecule has 0 bridgehead atoms. The van der Waals surface area contributed by atoms with Crippen molar-refractivity contribution in [3.63, 3.8) is 0 Å². The van der Waals surface area contributed by atoms with Crippen molar-refractivity contribution < 1.29 is 14.1 Å². The molecule has 0 aliphatic rings. The number of rotatable bonds is 9. The van der Waals surface area contributed by atoms with Crippen molar-refractivity contribution in [1.82, 2.24) is 15.0 Å². The van der Waals surface area contributed by atoms with Gasteiger partial charge in [0.15, 0.2) is 0 Å². The van der Waals surface area contributed by atoms with Crippen molar-refractivity contribution >= 4 is 5.91 Å². The lowest BCUT2D eigenvalue weighted by Gasteiger charge is -2.20. The number of unbranched alkanes of at least 4 members (excludes halogenated alkanes) is 1. The summed E-state index contributed by atoms with van der Waals surface area (Å²) in [4.78, 5) is 18.5. The molecule has 0 atom stereocenters. The maximum atomic E-state index is 12.2. The Morgan fingerprint density at radius 1 is 1.25 bits per heavy atom. The fourth-order valence-electron chi connectivity index (χ4n) is 2.39. The predicted octanol–water partition coefficient (Wildman–Crippen LogP) is 3.33. The summed E-state index contributed by atoms with van der Waals surface area (Å²) in [7, 11) is 1.62. The zero-order valence-electron chi connectivity index (χ0n) is 14.6. The minimum atomic E-state index is 0.134. The number of hydrogen-bond donors (Lipinski definition) is 0. The van der Waals surface area contributed by atoms with Crippen LogP contribution in [0.3, 0.4) is 0 Å². The molecule has 1 amide bonds. The molecular weight excluding hydrogens is 306 g/mol. The Balaban J connectivity index is 1.92. The number of carbonyl (C=O) groups is 1. The number of ether oxygens (including phenoxy) is 1. The monoisotopic (exact) mass is 331 g/mol. The van der Waals surface area contributed by atoms with Crippen molar-refractivity contribution in [2.75, 3.05) is 20.2 Å². The van der Waals surface area contributed by atoms with Gasteiger partial charge in [0.2, 0.25) is 17.6 Å². The van der Waals surface area contributed by atoms with Gasteiger partial charge in [-0.25, -0.2) is 0 Å². The topological polar surface area (TPSA) is 68.5 Å². The molecule has 0 saturated carbocycles. The molecular formula is C18H25N3O3. The number of nitrogens with zero attached hydrogens (tertiary/aromatic N) is 3. The van der Waals surface area contributed by atoms with Gasteiger partial charge in [0.1, 0.15) is 5.75 Å². The Kier molecular flexibility index (Phi) is 6.78. The van der Waals surface area contributed by atoms with E-state index in [9.17, 15) is 4.79 Å². The SMILES string of the molecule is CCCCN(CC)C(=O)CCc1nc(-c2ccc(OC)cc2)no1. The molecule has 1 heterocycles. The predicted molar refractivity (Wildman–Crippen MR) is 91.8 cm³/mol. The molecule has 0 unspecified atom stereocenters. The number of methoxy groups -OCH3 is 1. The Morgan fingerprint density at radius 3 is 2.62 bits per heavy atom. The summed E-state index contributed by atoms with van der Waals surface area (Å²) < 4.78 is 10.4. The van der Waals surface area contributed by atoms with Crippen molar-refractivity contribution in [3.8, 4) is 17.1 Å². The molecule has 1 aromatic carbocycles. The van der Waals surface area contributed by atoms with Gasteiger partial charge in [0.25, 0.3) is 0 Å². The van der Waals surface area contributed by atoms with Crippen LogP contribution in [0.1, 0.15) is 39.0 Å². The van der Waals surface area contributed by atoms with E-state index in [2.05, 4.69) is 17.1 Å². The molecule has 0 radical (unpaired) electrons. The third kappa shape index (κ3) is 4.81. The summed E-state index contributed by atoms with van der Waals surface area (Å²) in [5, 5.41) is 3.98. The van der Waals surface area contributed by atoms with Crippen molar-refractivity contribution in [2.45, 2.75) is 39.5 Å². The second kappa shape index (κ2) is 9.05. The zero-order valence-corrected chi connectivity index (χ0v) is 14.6. The van der Waals surface area contributed by atoms with E-state index < -0.39 is 0 Å². The Morgan fingerprint density at radius 2 is 2.00 bits per heavy atom. The first-order valence-corrected chi connectivity index (χ1v) is 8.42. The molecule has 6 heteroatoms. The molecule has 0 aliphatic heterocycles. The van der Waals surface area contributed by atoms with Crippen LogP contribution in [0.5, 0.6) is 5.75 Å². The lowest BCUT2D eigenvalue weighted by atomic mass is 10.2. The first kappa shape index (κ1) is 18.0. The summed E-state index contributed by atoms with van der Waals surface area (Å²) in [6.45, 7) is 5.67. The molecule has 24 heavy (non-hydrogen) atoms. The minimum absolute atomic E-state index is 0.134. The molecule has 130 valence electrons. The van der Waals surface area contributed by atoms with Crippen LogP contribution in [0, 0.1) is 0 Å². The Labute approximate surface area is 142 Å². The number of aromatic nitrogens is 2. The summed E-state index contributed by atoms with van der Waals surface area (Å²) in [5.74, 6) is 1.93. The summed E-state index contributed by atoms with van der Waals surface area (Å²) in [6.07, 6.45) is 2.97. The molecule has 2 rings (SSSR count). The van der Waals surface area contributed by atoms with Gasteiger partial charge in [-0.2, -0.15) is 4.98 Å². The van der Waals surface area contributed by atoms with Gasteiger partial charge in [-0.15, -0.1) is 0 Å². The van der Waals surface area contributed by atoms with Gasteiger partial charge in [0.05, 0.1) is 7.11 Å². The van der Waals surface area contributed by atoms with Gasteiger partial charge in [-0.05, 0) is 37.6 Å². The van der Waals surface area contributed by atoms with Gasteiger partial charge < -0.3 is 14.2 Å². The average Bonchev–Trinajstić information content (AvgIpc) is 3.09. The fraction of sp³-hybridized carbons (Fsp3) is 0.500. The lowest BCUT2D eigenvalue weighted by molar-refractivity contribution is -0.131. The van der Waals surface area contributed by atoms with E-state index >= 15 is 0 Å². The van der Waals surface area contributed by atoms with E-state index in [4.69, 9.17) is 9.26 Å². The molecule has 0 N–H and O–H groups in total. The number of benzene rings is 1. The Hall–Kier alpha value is -2.37. The van der Waals surface area contributed by atoms with E-state index in [0.717, 1.165) is 37.2 Å². The number of aryl methyl sites for hydroxylation is 1. The van der Waals surface area contributed by atoms with E-state index in [-0.39, 0.29) is 5.91 Å². The molecule has 6 nitrogen and oxygen atoms in total. The highest BCUT2D eigenvalue weighted by Crippen LogP contribution is 2.20. The van der Waals surface area contributed by atoms with Crippen molar-refractivity contribution in [1.29, 1.82) is 0 Å². The molecule has 0 saturated heterocycles. The molecule has 0 spiro atoms. The third-order valence-corrected chi connectivity index (χ3v) is 3.89. The smallest absolute Gasteiger partial charge is 0.227 e. The highest BCUT2D eigenvalue weighted by atomic mass is 16.5. The quantitative estimate of drug-likeness (QED) is 0.705. The first-order chi connectivity index (χ1) is 11.7. The van der Waals surface area contributed by atoms with E-state index in [1.54, 1.807) is 7.11 Å².